The zero-order valence-electron chi connectivity index (χ0n) is 18.1. The molecule has 1 amide bonds. The van der Waals surface area contributed by atoms with Crippen molar-refractivity contribution in [2.45, 2.75) is 70.6 Å². The largest absolute Gasteiger partial charge is 0.492 e. The molecule has 31 heavy (non-hydrogen) atoms. The van der Waals surface area contributed by atoms with E-state index in [1.807, 2.05) is 19.1 Å². The molecule has 8 heteroatoms. The summed E-state index contributed by atoms with van der Waals surface area (Å²) in [5.41, 5.74) is 0.748. The number of carbonyl (C=O) groups excluding carboxylic acids is 1. The van der Waals surface area contributed by atoms with Crippen LogP contribution in [0.2, 0.25) is 5.02 Å². The third-order valence-electron chi connectivity index (χ3n) is 5.74. The van der Waals surface area contributed by atoms with Gasteiger partial charge < -0.3 is 19.5 Å². The van der Waals surface area contributed by atoms with Crippen LogP contribution in [0.15, 0.2) is 18.3 Å². The first kappa shape index (κ1) is 22.1. The Hall–Kier alpha value is -2.12. The summed E-state index contributed by atoms with van der Waals surface area (Å²) in [7, 11) is 0. The Kier molecular flexibility index (Phi) is 7.13. The summed E-state index contributed by atoms with van der Waals surface area (Å²) >= 11 is 6.50. The number of carbonyl (C=O) groups is 1. The van der Waals surface area contributed by atoms with E-state index >= 15 is 0 Å². The van der Waals surface area contributed by atoms with Gasteiger partial charge in [0.1, 0.15) is 11.9 Å². The van der Waals surface area contributed by atoms with Crippen LogP contribution < -0.4 is 14.8 Å². The molecule has 0 unspecified atom stereocenters. The quantitative estimate of drug-likeness (QED) is 0.617. The van der Waals surface area contributed by atoms with E-state index in [4.69, 9.17) is 25.8 Å². The third kappa shape index (κ3) is 6.20. The summed E-state index contributed by atoms with van der Waals surface area (Å²) in [6.45, 7) is 4.70. The fraction of sp³-hybridized carbons (Fsp3) is 0.609. The lowest BCUT2D eigenvalue weighted by molar-refractivity contribution is -0.120. The zero-order chi connectivity index (χ0) is 21.8. The highest BCUT2D eigenvalue weighted by Crippen LogP contribution is 2.35. The fourth-order valence-electron chi connectivity index (χ4n) is 3.83. The number of rotatable bonds is 9. The van der Waals surface area contributed by atoms with E-state index in [9.17, 15) is 4.79 Å². The van der Waals surface area contributed by atoms with Gasteiger partial charge in [0, 0.05) is 24.5 Å². The predicted octanol–water partition coefficient (Wildman–Crippen LogP) is 4.30. The topological polar surface area (TPSA) is 82.6 Å². The average molecular weight is 448 g/mol. The van der Waals surface area contributed by atoms with E-state index in [2.05, 4.69) is 15.3 Å². The molecule has 1 heterocycles. The molecule has 1 atom stereocenters. The first-order chi connectivity index (χ1) is 15.0. The van der Waals surface area contributed by atoms with Gasteiger partial charge in [0.2, 0.25) is 5.91 Å². The van der Waals surface area contributed by atoms with Crippen LogP contribution in [-0.4, -0.2) is 47.3 Å². The highest BCUT2D eigenvalue weighted by molar-refractivity contribution is 6.36. The molecule has 0 saturated heterocycles. The van der Waals surface area contributed by atoms with Crippen molar-refractivity contribution in [1.29, 1.82) is 0 Å². The molecule has 0 bridgehead atoms. The first-order valence-electron chi connectivity index (χ1n) is 11.1. The van der Waals surface area contributed by atoms with Crippen molar-refractivity contribution in [1.82, 2.24) is 15.3 Å². The third-order valence-corrected chi connectivity index (χ3v) is 6.13. The molecule has 0 radical (unpaired) electrons. The Labute approximate surface area is 187 Å². The van der Waals surface area contributed by atoms with E-state index in [1.165, 1.54) is 19.8 Å². The second-order valence-electron chi connectivity index (χ2n) is 8.67. The van der Waals surface area contributed by atoms with Crippen LogP contribution in [0.1, 0.15) is 52.4 Å². The molecule has 0 spiro atoms. The summed E-state index contributed by atoms with van der Waals surface area (Å²) in [5, 5.41) is 4.16. The SMILES string of the molecule is CC(=O)N[C@@H](C)COC1CCC(Oc2ncc3c(Cl)c(OCC4CC4)ccc3n2)CC1. The Morgan fingerprint density at radius 2 is 1.94 bits per heavy atom. The highest BCUT2D eigenvalue weighted by atomic mass is 35.5. The lowest BCUT2D eigenvalue weighted by Gasteiger charge is -2.29. The summed E-state index contributed by atoms with van der Waals surface area (Å²) in [6, 6.07) is 4.16. The van der Waals surface area contributed by atoms with Gasteiger partial charge in [0.05, 0.1) is 29.9 Å². The number of amides is 1. The van der Waals surface area contributed by atoms with E-state index in [0.717, 1.165) is 36.6 Å². The minimum absolute atomic E-state index is 0.0175. The molecule has 2 fully saturated rings. The maximum atomic E-state index is 11.1. The molecule has 1 N–H and O–H groups in total. The van der Waals surface area contributed by atoms with Crippen molar-refractivity contribution in [3.8, 4) is 11.8 Å². The monoisotopic (exact) mass is 447 g/mol. The van der Waals surface area contributed by atoms with Gasteiger partial charge in [-0.1, -0.05) is 11.6 Å². The lowest BCUT2D eigenvalue weighted by atomic mass is 9.95. The maximum Gasteiger partial charge on any atom is 0.317 e. The van der Waals surface area contributed by atoms with E-state index in [1.54, 1.807) is 6.20 Å². The van der Waals surface area contributed by atoms with Crippen molar-refractivity contribution < 1.29 is 19.0 Å². The maximum absolute atomic E-state index is 11.1. The van der Waals surface area contributed by atoms with Gasteiger partial charge in [-0.2, -0.15) is 4.98 Å². The van der Waals surface area contributed by atoms with Crippen molar-refractivity contribution in [3.05, 3.63) is 23.4 Å². The van der Waals surface area contributed by atoms with E-state index in [-0.39, 0.29) is 24.2 Å². The van der Waals surface area contributed by atoms with Gasteiger partial charge in [0.15, 0.2) is 0 Å². The number of benzene rings is 1. The van der Waals surface area contributed by atoms with Crippen LogP contribution in [0.3, 0.4) is 0 Å². The molecule has 2 aliphatic carbocycles. The van der Waals surface area contributed by atoms with Gasteiger partial charge in [-0.3, -0.25) is 4.79 Å². The number of nitrogens with one attached hydrogen (secondary N) is 1. The van der Waals surface area contributed by atoms with E-state index in [0.29, 0.717) is 35.9 Å². The minimum atomic E-state index is -0.0353. The number of hydrogen-bond donors (Lipinski definition) is 1. The predicted molar refractivity (Wildman–Crippen MR) is 119 cm³/mol. The average Bonchev–Trinajstić information content (AvgIpc) is 3.57. The summed E-state index contributed by atoms with van der Waals surface area (Å²) < 4.78 is 17.8. The zero-order valence-corrected chi connectivity index (χ0v) is 18.9. The highest BCUT2D eigenvalue weighted by Gasteiger charge is 2.25. The molecule has 0 aliphatic heterocycles. The van der Waals surface area contributed by atoms with Crippen molar-refractivity contribution in [2.24, 2.45) is 5.92 Å². The lowest BCUT2D eigenvalue weighted by Crippen LogP contribution is -2.37. The van der Waals surface area contributed by atoms with Gasteiger partial charge in [0.25, 0.3) is 0 Å². The molecule has 7 nitrogen and oxygen atoms in total. The molecular weight excluding hydrogens is 418 g/mol. The number of nitrogens with zero attached hydrogens (tertiary/aromatic N) is 2. The van der Waals surface area contributed by atoms with Crippen LogP contribution in [0.25, 0.3) is 10.9 Å². The van der Waals surface area contributed by atoms with Crippen LogP contribution >= 0.6 is 11.6 Å². The van der Waals surface area contributed by atoms with Crippen molar-refractivity contribution in [3.63, 3.8) is 0 Å². The molecule has 168 valence electrons. The second kappa shape index (κ2) is 10.0. The Balaban J connectivity index is 1.28. The normalized spacial score (nSPS) is 22.2. The van der Waals surface area contributed by atoms with Crippen LogP contribution in [0.5, 0.6) is 11.8 Å². The van der Waals surface area contributed by atoms with Gasteiger partial charge in [-0.15, -0.1) is 0 Å². The van der Waals surface area contributed by atoms with Crippen molar-refractivity contribution in [2.75, 3.05) is 13.2 Å². The van der Waals surface area contributed by atoms with E-state index < -0.39 is 0 Å². The minimum Gasteiger partial charge on any atom is -0.492 e. The van der Waals surface area contributed by atoms with Crippen LogP contribution in [0.4, 0.5) is 0 Å². The van der Waals surface area contributed by atoms with Crippen LogP contribution in [0, 0.1) is 5.92 Å². The fourth-order valence-corrected chi connectivity index (χ4v) is 4.09. The number of ether oxygens (including phenoxy) is 3. The molecule has 2 aliphatic rings. The molecule has 2 saturated carbocycles. The summed E-state index contributed by atoms with van der Waals surface area (Å²) in [4.78, 5) is 20.0. The second-order valence-corrected chi connectivity index (χ2v) is 9.05. The number of hydrogen-bond acceptors (Lipinski definition) is 6. The molecule has 1 aromatic heterocycles. The Morgan fingerprint density at radius 3 is 2.65 bits per heavy atom. The first-order valence-corrected chi connectivity index (χ1v) is 11.5. The van der Waals surface area contributed by atoms with Crippen molar-refractivity contribution >= 4 is 28.4 Å². The Morgan fingerprint density at radius 1 is 1.19 bits per heavy atom. The summed E-state index contributed by atoms with van der Waals surface area (Å²) in [6.07, 6.45) is 8.05. The summed E-state index contributed by atoms with van der Waals surface area (Å²) in [5.74, 6) is 1.32. The standard InChI is InChI=1S/C23H30ClN3O4/c1-14(26-15(2)28)12-29-17-5-7-18(8-6-17)31-23-25-11-19-20(27-23)9-10-21(22(19)24)30-13-16-3-4-16/h9-11,14,16-18H,3-8,12-13H2,1-2H3,(H,26,28)/t14-,17?,18?/m0/s1. The molecular formula is C23H30ClN3O4. The molecule has 2 aromatic rings. The van der Waals surface area contributed by atoms with Crippen LogP contribution in [-0.2, 0) is 9.53 Å². The number of halogens is 1. The van der Waals surface area contributed by atoms with Gasteiger partial charge in [-0.05, 0) is 63.5 Å². The molecule has 1 aromatic carbocycles. The van der Waals surface area contributed by atoms with Gasteiger partial charge in [-0.25, -0.2) is 4.98 Å². The Bertz CT molecular complexity index is 913. The number of fused-ring (bicyclic) bond motifs is 1. The van der Waals surface area contributed by atoms with Gasteiger partial charge >= 0.3 is 6.01 Å². The molecule has 4 rings (SSSR count). The smallest absolute Gasteiger partial charge is 0.317 e. The number of aromatic nitrogens is 2.